The number of rotatable bonds is 8. The summed E-state index contributed by atoms with van der Waals surface area (Å²) >= 11 is 6.17. The first-order valence-corrected chi connectivity index (χ1v) is 12.0. The van der Waals surface area contributed by atoms with Gasteiger partial charge in [-0.25, -0.2) is 8.42 Å². The molecule has 168 valence electrons. The molecule has 9 heteroatoms. The van der Waals surface area contributed by atoms with Crippen molar-refractivity contribution in [1.29, 1.82) is 0 Å². The van der Waals surface area contributed by atoms with E-state index >= 15 is 0 Å². The molecule has 31 heavy (non-hydrogen) atoms. The maximum atomic E-state index is 13.3. The van der Waals surface area contributed by atoms with Crippen molar-refractivity contribution in [1.82, 2.24) is 10.2 Å². The minimum absolute atomic E-state index is 0.167. The summed E-state index contributed by atoms with van der Waals surface area (Å²) in [6.45, 7) is 5.08. The number of carbonyl (C=O) groups is 2. The topological polar surface area (TPSA) is 86.8 Å². The van der Waals surface area contributed by atoms with E-state index in [0.29, 0.717) is 5.02 Å². The molecule has 0 aromatic heterocycles. The van der Waals surface area contributed by atoms with Gasteiger partial charge in [-0.1, -0.05) is 47.5 Å². The van der Waals surface area contributed by atoms with Crippen LogP contribution in [-0.2, 0) is 26.2 Å². The first-order valence-electron chi connectivity index (χ1n) is 9.74. The Morgan fingerprint density at radius 3 is 2.23 bits per heavy atom. The molecule has 2 amide bonds. The zero-order valence-corrected chi connectivity index (χ0v) is 19.9. The lowest BCUT2D eigenvalue weighted by Crippen LogP contribution is -2.50. The van der Waals surface area contributed by atoms with E-state index in [2.05, 4.69) is 5.32 Å². The number of carbonyl (C=O) groups excluding carboxylic acids is 2. The lowest BCUT2D eigenvalue weighted by Gasteiger charge is -2.31. The molecular formula is C22H28ClN3O4S. The summed E-state index contributed by atoms with van der Waals surface area (Å²) < 4.78 is 25.9. The van der Waals surface area contributed by atoms with Crippen molar-refractivity contribution < 1.29 is 18.0 Å². The molecule has 0 aliphatic rings. The summed E-state index contributed by atoms with van der Waals surface area (Å²) in [6.07, 6.45) is 1.03. The molecule has 0 fully saturated rings. The Morgan fingerprint density at radius 2 is 1.71 bits per heavy atom. The van der Waals surface area contributed by atoms with Gasteiger partial charge in [0, 0.05) is 18.6 Å². The van der Waals surface area contributed by atoms with Gasteiger partial charge in [-0.3, -0.25) is 13.9 Å². The summed E-state index contributed by atoms with van der Waals surface area (Å²) in [5.74, 6) is -0.844. The van der Waals surface area contributed by atoms with Crippen LogP contribution < -0.4 is 9.62 Å². The Kier molecular flexibility index (Phi) is 8.08. The van der Waals surface area contributed by atoms with Crippen molar-refractivity contribution in [2.45, 2.75) is 33.4 Å². The smallest absolute Gasteiger partial charge is 0.244 e. The summed E-state index contributed by atoms with van der Waals surface area (Å²) in [6, 6.07) is 11.6. The van der Waals surface area contributed by atoms with Crippen molar-refractivity contribution in [3.63, 3.8) is 0 Å². The second-order valence-corrected chi connectivity index (χ2v) is 9.81. The van der Waals surface area contributed by atoms with Gasteiger partial charge in [0.25, 0.3) is 0 Å². The highest BCUT2D eigenvalue weighted by Crippen LogP contribution is 2.25. The predicted molar refractivity (Wildman–Crippen MR) is 124 cm³/mol. The third kappa shape index (κ3) is 6.45. The van der Waals surface area contributed by atoms with Crippen LogP contribution in [0.1, 0.15) is 23.6 Å². The Bertz CT molecular complexity index is 1050. The third-order valence-corrected chi connectivity index (χ3v) is 6.56. The van der Waals surface area contributed by atoms with Crippen molar-refractivity contribution in [3.8, 4) is 0 Å². The van der Waals surface area contributed by atoms with Gasteiger partial charge >= 0.3 is 0 Å². The largest absolute Gasteiger partial charge is 0.357 e. The van der Waals surface area contributed by atoms with E-state index in [4.69, 9.17) is 11.6 Å². The summed E-state index contributed by atoms with van der Waals surface area (Å²) in [5, 5.41) is 2.94. The van der Waals surface area contributed by atoms with Gasteiger partial charge in [0.15, 0.2) is 0 Å². The number of anilines is 1. The van der Waals surface area contributed by atoms with Crippen LogP contribution in [-0.4, -0.2) is 51.0 Å². The molecule has 2 aromatic carbocycles. The fraction of sp³-hybridized carbons (Fsp3) is 0.364. The maximum Gasteiger partial charge on any atom is 0.244 e. The van der Waals surface area contributed by atoms with Crippen molar-refractivity contribution in [3.05, 3.63) is 64.2 Å². The van der Waals surface area contributed by atoms with Gasteiger partial charge in [-0.15, -0.1) is 0 Å². The standard InChI is InChI=1S/C22H28ClN3O4S/c1-15-6-9-18(10-7-15)13-25(17(3)22(28)24-4)21(27)14-26(31(5,29)30)19-11-8-16(2)20(23)12-19/h6-12,17H,13-14H2,1-5H3,(H,24,28). The predicted octanol–water partition coefficient (Wildman–Crippen LogP) is 2.89. The summed E-state index contributed by atoms with van der Waals surface area (Å²) in [4.78, 5) is 26.9. The summed E-state index contributed by atoms with van der Waals surface area (Å²) in [5.41, 5.74) is 2.98. The fourth-order valence-corrected chi connectivity index (χ4v) is 4.05. The van der Waals surface area contributed by atoms with E-state index in [1.54, 1.807) is 26.0 Å². The number of nitrogens with one attached hydrogen (secondary N) is 1. The number of sulfonamides is 1. The lowest BCUT2D eigenvalue weighted by molar-refractivity contribution is -0.139. The van der Waals surface area contributed by atoms with Gasteiger partial charge in [-0.05, 0) is 44.0 Å². The highest BCUT2D eigenvalue weighted by molar-refractivity contribution is 7.92. The lowest BCUT2D eigenvalue weighted by atomic mass is 10.1. The minimum Gasteiger partial charge on any atom is -0.357 e. The Labute approximate surface area is 189 Å². The zero-order chi connectivity index (χ0) is 23.3. The molecule has 0 aliphatic carbocycles. The van der Waals surface area contributed by atoms with Crippen LogP contribution in [0.5, 0.6) is 0 Å². The van der Waals surface area contributed by atoms with Crippen molar-refractivity contribution in [2.24, 2.45) is 0 Å². The highest BCUT2D eigenvalue weighted by atomic mass is 35.5. The van der Waals surface area contributed by atoms with E-state index in [9.17, 15) is 18.0 Å². The number of likely N-dealkylation sites (N-methyl/N-ethyl adjacent to an activating group) is 1. The van der Waals surface area contributed by atoms with Gasteiger partial charge in [-0.2, -0.15) is 0 Å². The van der Waals surface area contributed by atoms with E-state index in [-0.39, 0.29) is 18.1 Å². The Hall–Kier alpha value is -2.58. The molecule has 0 saturated carbocycles. The molecule has 0 saturated heterocycles. The molecule has 2 aromatic rings. The van der Waals surface area contributed by atoms with Gasteiger partial charge in [0.05, 0.1) is 11.9 Å². The molecule has 0 aliphatic heterocycles. The normalized spacial score (nSPS) is 12.2. The number of hydrogen-bond acceptors (Lipinski definition) is 4. The second-order valence-electron chi connectivity index (χ2n) is 7.50. The molecule has 2 rings (SSSR count). The molecule has 7 nitrogen and oxygen atoms in total. The number of amides is 2. The van der Waals surface area contributed by atoms with Crippen LogP contribution in [0, 0.1) is 13.8 Å². The van der Waals surface area contributed by atoms with Gasteiger partial charge in [0.1, 0.15) is 12.6 Å². The van der Waals surface area contributed by atoms with Gasteiger partial charge < -0.3 is 10.2 Å². The molecule has 0 heterocycles. The second kappa shape index (κ2) is 10.2. The van der Waals surface area contributed by atoms with E-state index in [0.717, 1.165) is 27.3 Å². The molecule has 0 radical (unpaired) electrons. The minimum atomic E-state index is -3.78. The van der Waals surface area contributed by atoms with Crippen LogP contribution in [0.3, 0.4) is 0 Å². The third-order valence-electron chi connectivity index (χ3n) is 5.01. The molecule has 1 atom stereocenters. The van der Waals surface area contributed by atoms with Crippen LogP contribution in [0.15, 0.2) is 42.5 Å². The SMILES string of the molecule is CNC(=O)C(C)N(Cc1ccc(C)cc1)C(=O)CN(c1ccc(C)c(Cl)c1)S(C)(=O)=O. The van der Waals surface area contributed by atoms with E-state index in [1.165, 1.54) is 18.0 Å². The molecule has 1 unspecified atom stereocenters. The number of halogens is 1. The molecule has 1 N–H and O–H groups in total. The number of aryl methyl sites for hydroxylation is 2. The number of benzene rings is 2. The van der Waals surface area contributed by atoms with Crippen LogP contribution in [0.25, 0.3) is 0 Å². The van der Waals surface area contributed by atoms with E-state index in [1.807, 2.05) is 31.2 Å². The number of hydrogen-bond donors (Lipinski definition) is 1. The average molecular weight is 466 g/mol. The highest BCUT2D eigenvalue weighted by Gasteiger charge is 2.29. The van der Waals surface area contributed by atoms with Crippen molar-refractivity contribution >= 4 is 39.1 Å². The fourth-order valence-electron chi connectivity index (χ4n) is 3.03. The first kappa shape index (κ1) is 24.7. The maximum absolute atomic E-state index is 13.3. The van der Waals surface area contributed by atoms with E-state index < -0.39 is 28.5 Å². The number of nitrogens with zero attached hydrogens (tertiary/aromatic N) is 2. The molecule has 0 spiro atoms. The monoisotopic (exact) mass is 465 g/mol. The zero-order valence-electron chi connectivity index (χ0n) is 18.3. The molecular weight excluding hydrogens is 438 g/mol. The van der Waals surface area contributed by atoms with Gasteiger partial charge in [0.2, 0.25) is 21.8 Å². The Morgan fingerprint density at radius 1 is 1.10 bits per heavy atom. The quantitative estimate of drug-likeness (QED) is 0.649. The van der Waals surface area contributed by atoms with Crippen LogP contribution in [0.2, 0.25) is 5.02 Å². The first-order chi connectivity index (χ1) is 14.4. The average Bonchev–Trinajstić information content (AvgIpc) is 2.71. The van der Waals surface area contributed by atoms with Crippen molar-refractivity contribution in [2.75, 3.05) is 24.2 Å². The van der Waals surface area contributed by atoms with Crippen LogP contribution >= 0.6 is 11.6 Å². The molecule has 0 bridgehead atoms. The van der Waals surface area contributed by atoms with Crippen LogP contribution in [0.4, 0.5) is 5.69 Å². The summed E-state index contributed by atoms with van der Waals surface area (Å²) in [7, 11) is -2.29. The Balaban J connectivity index is 2.39.